The molecule has 0 heterocycles. The van der Waals surface area contributed by atoms with Crippen molar-refractivity contribution in [3.63, 3.8) is 0 Å². The highest BCUT2D eigenvalue weighted by Gasteiger charge is 2.09. The van der Waals surface area contributed by atoms with Crippen LogP contribution < -0.4 is 5.32 Å². The van der Waals surface area contributed by atoms with Crippen molar-refractivity contribution in [1.82, 2.24) is 0 Å². The third-order valence-electron chi connectivity index (χ3n) is 2.85. The third kappa shape index (κ3) is 5.69. The van der Waals surface area contributed by atoms with E-state index in [4.69, 9.17) is 0 Å². The first-order chi connectivity index (χ1) is 8.88. The van der Waals surface area contributed by atoms with E-state index in [-0.39, 0.29) is 17.6 Å². The molecule has 0 aliphatic heterocycles. The summed E-state index contributed by atoms with van der Waals surface area (Å²) in [7, 11) is 0. The second-order valence-corrected chi connectivity index (χ2v) is 5.64. The number of hydrogen-bond donors (Lipinski definition) is 1. The Morgan fingerprint density at radius 2 is 1.63 bits per heavy atom. The fraction of sp³-hybridized carbons (Fsp3) is 0.500. The standard InChI is InChI=1S/C16H23NO2/c1-11(2)9-16(19)17-14-7-5-13(6-8-14)10-15(18)12(3)4/h5-8,11-12H,9-10H2,1-4H3,(H,17,19). The second kappa shape index (κ2) is 7.07. The first kappa shape index (κ1) is 15.4. The van der Waals surface area contributed by atoms with Crippen molar-refractivity contribution in [2.24, 2.45) is 11.8 Å². The molecule has 1 aromatic carbocycles. The summed E-state index contributed by atoms with van der Waals surface area (Å²) in [5.74, 6) is 0.672. The van der Waals surface area contributed by atoms with E-state index in [0.29, 0.717) is 18.8 Å². The highest BCUT2D eigenvalue weighted by molar-refractivity contribution is 5.91. The summed E-state index contributed by atoms with van der Waals surface area (Å²) in [5.41, 5.74) is 1.77. The molecule has 1 N–H and O–H groups in total. The molecule has 0 aliphatic carbocycles. The van der Waals surface area contributed by atoms with Crippen molar-refractivity contribution in [1.29, 1.82) is 0 Å². The van der Waals surface area contributed by atoms with Gasteiger partial charge in [-0.3, -0.25) is 9.59 Å². The van der Waals surface area contributed by atoms with Crippen LogP contribution in [0.1, 0.15) is 39.7 Å². The highest BCUT2D eigenvalue weighted by atomic mass is 16.1. The number of nitrogens with one attached hydrogen (secondary N) is 1. The van der Waals surface area contributed by atoms with Gasteiger partial charge in [-0.1, -0.05) is 39.8 Å². The predicted molar refractivity (Wildman–Crippen MR) is 78.1 cm³/mol. The van der Waals surface area contributed by atoms with E-state index in [2.05, 4.69) is 5.32 Å². The molecular weight excluding hydrogens is 238 g/mol. The van der Waals surface area contributed by atoms with Gasteiger partial charge in [0, 0.05) is 24.4 Å². The second-order valence-electron chi connectivity index (χ2n) is 5.64. The zero-order chi connectivity index (χ0) is 14.4. The molecule has 0 aliphatic rings. The van der Waals surface area contributed by atoms with Gasteiger partial charge in [0.15, 0.2) is 0 Å². The molecule has 3 heteroatoms. The Balaban J connectivity index is 2.57. The third-order valence-corrected chi connectivity index (χ3v) is 2.85. The molecule has 0 fully saturated rings. The monoisotopic (exact) mass is 261 g/mol. The van der Waals surface area contributed by atoms with Gasteiger partial charge in [0.25, 0.3) is 0 Å². The molecule has 0 radical (unpaired) electrons. The van der Waals surface area contributed by atoms with Gasteiger partial charge >= 0.3 is 0 Å². The number of Topliss-reactive ketones (excluding diaryl/α,β-unsaturated/α-hetero) is 1. The maximum atomic E-state index is 11.6. The van der Waals surface area contributed by atoms with Crippen LogP contribution in [-0.2, 0) is 16.0 Å². The van der Waals surface area contributed by atoms with Crippen molar-refractivity contribution < 1.29 is 9.59 Å². The minimum atomic E-state index is 0.0287. The fourth-order valence-corrected chi connectivity index (χ4v) is 1.69. The molecule has 0 unspecified atom stereocenters. The lowest BCUT2D eigenvalue weighted by Crippen LogP contribution is -2.14. The molecule has 1 aromatic rings. The molecule has 1 amide bonds. The van der Waals surface area contributed by atoms with Gasteiger partial charge in [0.1, 0.15) is 5.78 Å². The van der Waals surface area contributed by atoms with Crippen molar-refractivity contribution in [2.45, 2.75) is 40.5 Å². The summed E-state index contributed by atoms with van der Waals surface area (Å²) >= 11 is 0. The summed E-state index contributed by atoms with van der Waals surface area (Å²) in [6, 6.07) is 7.48. The van der Waals surface area contributed by atoms with Crippen LogP contribution >= 0.6 is 0 Å². The van der Waals surface area contributed by atoms with Crippen LogP contribution in [0.3, 0.4) is 0 Å². The normalized spacial score (nSPS) is 10.8. The van der Waals surface area contributed by atoms with Gasteiger partial charge < -0.3 is 5.32 Å². The van der Waals surface area contributed by atoms with Crippen LogP contribution in [-0.4, -0.2) is 11.7 Å². The number of anilines is 1. The summed E-state index contributed by atoms with van der Waals surface area (Å²) < 4.78 is 0. The van der Waals surface area contributed by atoms with Crippen LogP contribution in [0.2, 0.25) is 0 Å². The summed E-state index contributed by atoms with van der Waals surface area (Å²) in [6.45, 7) is 7.84. The van der Waals surface area contributed by atoms with E-state index < -0.39 is 0 Å². The maximum Gasteiger partial charge on any atom is 0.224 e. The van der Waals surface area contributed by atoms with Crippen LogP contribution in [0.4, 0.5) is 5.69 Å². The van der Waals surface area contributed by atoms with E-state index in [1.807, 2.05) is 52.0 Å². The number of amides is 1. The number of hydrogen-bond acceptors (Lipinski definition) is 2. The minimum absolute atomic E-state index is 0.0287. The first-order valence-corrected chi connectivity index (χ1v) is 6.80. The number of ketones is 1. The smallest absolute Gasteiger partial charge is 0.224 e. The van der Waals surface area contributed by atoms with Crippen molar-refractivity contribution in [2.75, 3.05) is 5.32 Å². The SMILES string of the molecule is CC(C)CC(=O)Nc1ccc(CC(=O)C(C)C)cc1. The van der Waals surface area contributed by atoms with E-state index in [1.54, 1.807) is 0 Å². The number of carbonyl (C=O) groups is 2. The Kier molecular flexibility index (Phi) is 5.74. The van der Waals surface area contributed by atoms with E-state index in [1.165, 1.54) is 0 Å². The molecule has 0 bridgehead atoms. The van der Waals surface area contributed by atoms with Crippen LogP contribution in [0, 0.1) is 11.8 Å². The molecule has 0 aromatic heterocycles. The van der Waals surface area contributed by atoms with E-state index in [0.717, 1.165) is 11.3 Å². The summed E-state index contributed by atoms with van der Waals surface area (Å²) in [4.78, 5) is 23.2. The van der Waals surface area contributed by atoms with Gasteiger partial charge in [0.05, 0.1) is 0 Å². The topological polar surface area (TPSA) is 46.2 Å². The van der Waals surface area contributed by atoms with E-state index >= 15 is 0 Å². The Morgan fingerprint density at radius 1 is 1.05 bits per heavy atom. The van der Waals surface area contributed by atoms with Crippen molar-refractivity contribution >= 4 is 17.4 Å². The zero-order valence-electron chi connectivity index (χ0n) is 12.2. The van der Waals surface area contributed by atoms with Gasteiger partial charge in [-0.05, 0) is 23.6 Å². The molecule has 1 rings (SSSR count). The minimum Gasteiger partial charge on any atom is -0.326 e. The molecule has 0 saturated heterocycles. The molecule has 0 spiro atoms. The van der Waals surface area contributed by atoms with Gasteiger partial charge in [-0.25, -0.2) is 0 Å². The molecule has 0 saturated carbocycles. The Morgan fingerprint density at radius 3 is 2.11 bits per heavy atom. The summed E-state index contributed by atoms with van der Waals surface area (Å²) in [6.07, 6.45) is 0.978. The lowest BCUT2D eigenvalue weighted by molar-refractivity contribution is -0.121. The fourth-order valence-electron chi connectivity index (χ4n) is 1.69. The molecule has 0 atom stereocenters. The Bertz CT molecular complexity index is 433. The van der Waals surface area contributed by atoms with Crippen molar-refractivity contribution in [3.05, 3.63) is 29.8 Å². The average Bonchev–Trinajstić information content (AvgIpc) is 2.30. The predicted octanol–water partition coefficient (Wildman–Crippen LogP) is 3.44. The largest absolute Gasteiger partial charge is 0.326 e. The average molecular weight is 261 g/mol. The van der Waals surface area contributed by atoms with Gasteiger partial charge in [-0.2, -0.15) is 0 Å². The Labute approximate surface area is 115 Å². The first-order valence-electron chi connectivity index (χ1n) is 6.80. The molecular formula is C16H23NO2. The van der Waals surface area contributed by atoms with Gasteiger partial charge in [0.2, 0.25) is 5.91 Å². The Hall–Kier alpha value is -1.64. The number of carbonyl (C=O) groups excluding carboxylic acids is 2. The van der Waals surface area contributed by atoms with Crippen LogP contribution in [0.25, 0.3) is 0 Å². The molecule has 104 valence electrons. The molecule has 19 heavy (non-hydrogen) atoms. The highest BCUT2D eigenvalue weighted by Crippen LogP contribution is 2.13. The zero-order valence-corrected chi connectivity index (χ0v) is 12.2. The summed E-state index contributed by atoms with van der Waals surface area (Å²) in [5, 5.41) is 2.85. The maximum absolute atomic E-state index is 11.6. The number of rotatable bonds is 6. The quantitative estimate of drug-likeness (QED) is 0.852. The van der Waals surface area contributed by atoms with E-state index in [9.17, 15) is 9.59 Å². The van der Waals surface area contributed by atoms with Crippen LogP contribution in [0.15, 0.2) is 24.3 Å². The lowest BCUT2D eigenvalue weighted by atomic mass is 10.0. The molecule has 3 nitrogen and oxygen atoms in total. The number of benzene rings is 1. The van der Waals surface area contributed by atoms with Crippen LogP contribution in [0.5, 0.6) is 0 Å². The lowest BCUT2D eigenvalue weighted by Gasteiger charge is -2.08. The van der Waals surface area contributed by atoms with Gasteiger partial charge in [-0.15, -0.1) is 0 Å². The van der Waals surface area contributed by atoms with Crippen molar-refractivity contribution in [3.8, 4) is 0 Å².